The van der Waals surface area contributed by atoms with E-state index in [2.05, 4.69) is 56.2 Å². The average molecular weight is 720 g/mol. The van der Waals surface area contributed by atoms with Crippen LogP contribution in [0.15, 0.2) is 153 Å². The number of amidine groups is 1. The van der Waals surface area contributed by atoms with Gasteiger partial charge in [0.05, 0.1) is 11.3 Å². The third kappa shape index (κ3) is 8.71. The maximum atomic E-state index is 10.2. The third-order valence-electron chi connectivity index (χ3n) is 8.17. The summed E-state index contributed by atoms with van der Waals surface area (Å²) in [6.45, 7) is 7.81. The fourth-order valence-electron chi connectivity index (χ4n) is 5.20. The molecule has 6 aromatic rings. The summed E-state index contributed by atoms with van der Waals surface area (Å²) >= 11 is 7.43. The van der Waals surface area contributed by atoms with Crippen molar-refractivity contribution in [1.29, 1.82) is 10.7 Å². The zero-order valence-electron chi connectivity index (χ0n) is 28.9. The van der Waals surface area contributed by atoms with E-state index in [1.165, 1.54) is 11.3 Å². The van der Waals surface area contributed by atoms with Gasteiger partial charge in [0.1, 0.15) is 23.3 Å². The van der Waals surface area contributed by atoms with Crippen molar-refractivity contribution in [1.82, 2.24) is 4.98 Å². The number of aryl methyl sites for hydroxylation is 3. The Kier molecular flexibility index (Phi) is 11.0. The molecule has 0 amide bonds. The number of azo groups is 2. The van der Waals surface area contributed by atoms with Gasteiger partial charge in [-0.25, -0.2) is 4.98 Å². The van der Waals surface area contributed by atoms with Crippen molar-refractivity contribution in [2.24, 2.45) is 20.5 Å². The normalized spacial score (nSPS) is 12.3. The number of thiazole rings is 1. The number of hydrogen-bond donors (Lipinski definition) is 3. The molecule has 0 saturated carbocycles. The van der Waals surface area contributed by atoms with Crippen LogP contribution in [0.3, 0.4) is 0 Å². The van der Waals surface area contributed by atoms with Gasteiger partial charge in [-0.3, -0.25) is 5.41 Å². The van der Waals surface area contributed by atoms with Gasteiger partial charge in [-0.05, 0) is 98.1 Å². The quantitative estimate of drug-likeness (QED) is 0.0427. The standard InChI is InChI=1S/C41H34ClN9S/c1-25-8-17-32(18-9-25)45-24-37(28(4)36(23-43)39(44)46-33-19-10-26(2)11-20-33)49-51-41-47-38(30-12-15-31(42)16-13-30)40(52-41)50-48-34-21-14-29-7-5-6-27(3)35(29)22-34/h5-22,24,45H,1-4H3,(H2,44,46)/b36-28-,37-24-,50-48?,51-49?. The van der Waals surface area contributed by atoms with Crippen molar-refractivity contribution in [3.05, 3.63) is 154 Å². The van der Waals surface area contributed by atoms with Gasteiger partial charge in [-0.15, -0.1) is 20.5 Å². The second kappa shape index (κ2) is 16.2. The number of rotatable bonds is 10. The number of allylic oxidation sites excluding steroid dienone is 1. The molecule has 0 aliphatic carbocycles. The molecule has 0 bridgehead atoms. The summed E-state index contributed by atoms with van der Waals surface area (Å²) < 4.78 is 0. The smallest absolute Gasteiger partial charge is 0.232 e. The van der Waals surface area contributed by atoms with Crippen LogP contribution in [0.25, 0.3) is 22.0 Å². The molecule has 52 heavy (non-hydrogen) atoms. The Morgan fingerprint density at radius 3 is 2.23 bits per heavy atom. The van der Waals surface area contributed by atoms with Crippen LogP contribution in [0.2, 0.25) is 5.02 Å². The highest BCUT2D eigenvalue weighted by molar-refractivity contribution is 7.19. The molecule has 3 N–H and O–H groups in total. The van der Waals surface area contributed by atoms with E-state index in [0.29, 0.717) is 43.5 Å². The van der Waals surface area contributed by atoms with Crippen LogP contribution in [-0.2, 0) is 0 Å². The zero-order chi connectivity index (χ0) is 36.6. The lowest BCUT2D eigenvalue weighted by molar-refractivity contribution is 1.10. The first-order chi connectivity index (χ1) is 25.2. The SMILES string of the molecule is CC(/C(=C/Nc1ccc(C)cc1)N=Nc1nc(-c2ccc(Cl)cc2)c(N=Nc2ccc3cccc(C)c3c2)s1)=C(\C#N)C(=N)Nc1ccc(C)cc1. The van der Waals surface area contributed by atoms with E-state index < -0.39 is 0 Å². The number of halogens is 1. The fraction of sp³-hybridized carbons (Fsp3) is 0.0976. The molecule has 0 fully saturated rings. The van der Waals surface area contributed by atoms with Crippen molar-refractivity contribution in [3.63, 3.8) is 0 Å². The van der Waals surface area contributed by atoms with Crippen molar-refractivity contribution < 1.29 is 0 Å². The van der Waals surface area contributed by atoms with Gasteiger partial charge in [0.25, 0.3) is 0 Å². The fourth-order valence-corrected chi connectivity index (χ4v) is 6.06. The average Bonchev–Trinajstić information content (AvgIpc) is 3.56. The lowest BCUT2D eigenvalue weighted by atomic mass is 10.1. The number of nitrogens with zero attached hydrogens (tertiary/aromatic N) is 6. The number of anilines is 2. The number of hydrogen-bond acceptors (Lipinski definition) is 9. The topological polar surface area (TPSA) is 134 Å². The van der Waals surface area contributed by atoms with E-state index >= 15 is 0 Å². The van der Waals surface area contributed by atoms with Crippen LogP contribution in [-0.4, -0.2) is 10.8 Å². The van der Waals surface area contributed by atoms with Crippen LogP contribution in [0.1, 0.15) is 23.6 Å². The van der Waals surface area contributed by atoms with E-state index in [1.807, 2.05) is 98.8 Å². The molecule has 0 unspecified atom stereocenters. The zero-order valence-corrected chi connectivity index (χ0v) is 30.5. The Balaban J connectivity index is 1.37. The van der Waals surface area contributed by atoms with E-state index in [0.717, 1.165) is 38.7 Å². The number of aromatic nitrogens is 1. The van der Waals surface area contributed by atoms with Gasteiger partial charge in [-0.1, -0.05) is 94.7 Å². The van der Waals surface area contributed by atoms with Gasteiger partial charge >= 0.3 is 0 Å². The minimum absolute atomic E-state index is 0.0638. The highest BCUT2D eigenvalue weighted by atomic mass is 35.5. The van der Waals surface area contributed by atoms with Crippen LogP contribution in [0.4, 0.5) is 27.2 Å². The molecule has 0 aliphatic heterocycles. The van der Waals surface area contributed by atoms with Crippen molar-refractivity contribution >= 4 is 66.7 Å². The van der Waals surface area contributed by atoms with Crippen molar-refractivity contribution in [2.45, 2.75) is 27.7 Å². The maximum absolute atomic E-state index is 10.2. The maximum Gasteiger partial charge on any atom is 0.232 e. The summed E-state index contributed by atoms with van der Waals surface area (Å²) in [5.41, 5.74) is 7.85. The number of nitrogens with one attached hydrogen (secondary N) is 3. The molecule has 0 radical (unpaired) electrons. The van der Waals surface area contributed by atoms with E-state index in [-0.39, 0.29) is 11.4 Å². The molecular weight excluding hydrogens is 686 g/mol. The molecular formula is C41H34ClN9S. The lowest BCUT2D eigenvalue weighted by Crippen LogP contribution is -2.14. The minimum Gasteiger partial charge on any atom is -0.360 e. The third-order valence-corrected chi connectivity index (χ3v) is 9.24. The van der Waals surface area contributed by atoms with Gasteiger partial charge in [0, 0.05) is 28.2 Å². The van der Waals surface area contributed by atoms with Gasteiger partial charge in [0.2, 0.25) is 5.13 Å². The largest absolute Gasteiger partial charge is 0.360 e. The van der Waals surface area contributed by atoms with Crippen LogP contribution >= 0.6 is 22.9 Å². The molecule has 9 nitrogen and oxygen atoms in total. The van der Waals surface area contributed by atoms with Gasteiger partial charge in [-0.2, -0.15) is 5.26 Å². The summed E-state index contributed by atoms with van der Waals surface area (Å²) in [7, 11) is 0. The Hall–Kier alpha value is -6.28. The van der Waals surface area contributed by atoms with Crippen LogP contribution in [0, 0.1) is 37.5 Å². The Morgan fingerprint density at radius 1 is 0.846 bits per heavy atom. The highest BCUT2D eigenvalue weighted by Gasteiger charge is 2.16. The van der Waals surface area contributed by atoms with E-state index in [9.17, 15) is 5.26 Å². The van der Waals surface area contributed by atoms with Crippen molar-refractivity contribution in [2.75, 3.05) is 10.6 Å². The molecule has 5 aromatic carbocycles. The van der Waals surface area contributed by atoms with Gasteiger partial charge in [0.15, 0.2) is 5.00 Å². The van der Waals surface area contributed by atoms with Crippen molar-refractivity contribution in [3.8, 4) is 17.3 Å². The predicted molar refractivity (Wildman–Crippen MR) is 214 cm³/mol. The number of benzene rings is 5. The number of nitriles is 1. The van der Waals surface area contributed by atoms with Crippen LogP contribution < -0.4 is 10.6 Å². The summed E-state index contributed by atoms with van der Waals surface area (Å²) in [5.74, 6) is -0.0638. The monoisotopic (exact) mass is 719 g/mol. The van der Waals surface area contributed by atoms with Crippen LogP contribution in [0.5, 0.6) is 0 Å². The molecule has 1 aromatic heterocycles. The summed E-state index contributed by atoms with van der Waals surface area (Å²) in [4.78, 5) is 4.79. The molecule has 1 heterocycles. The molecule has 6 rings (SSSR count). The molecule has 0 aliphatic rings. The summed E-state index contributed by atoms with van der Waals surface area (Å²) in [6.07, 6.45) is 1.66. The summed E-state index contributed by atoms with van der Waals surface area (Å²) in [6, 6.07) is 37.1. The molecule has 0 spiro atoms. The first kappa shape index (κ1) is 35.5. The minimum atomic E-state index is -0.0638. The Labute approximate surface area is 311 Å². The second-order valence-corrected chi connectivity index (χ2v) is 13.4. The first-order valence-corrected chi connectivity index (χ1v) is 17.5. The highest BCUT2D eigenvalue weighted by Crippen LogP contribution is 2.41. The summed E-state index contributed by atoms with van der Waals surface area (Å²) in [5, 5.41) is 47.2. The first-order valence-electron chi connectivity index (χ1n) is 16.3. The second-order valence-electron chi connectivity index (χ2n) is 12.1. The molecule has 0 atom stereocenters. The Morgan fingerprint density at radius 2 is 1.54 bits per heavy atom. The van der Waals surface area contributed by atoms with E-state index in [1.54, 1.807) is 25.3 Å². The molecule has 256 valence electrons. The number of fused-ring (bicyclic) bond motifs is 1. The van der Waals surface area contributed by atoms with Gasteiger partial charge < -0.3 is 10.6 Å². The molecule has 0 saturated heterocycles. The predicted octanol–water partition coefficient (Wildman–Crippen LogP) is 12.9. The lowest BCUT2D eigenvalue weighted by Gasteiger charge is -2.11. The molecule has 11 heteroatoms. The van der Waals surface area contributed by atoms with E-state index in [4.69, 9.17) is 22.0 Å². The Bertz CT molecular complexity index is 2420.